The fourth-order valence-electron chi connectivity index (χ4n) is 2.67. The summed E-state index contributed by atoms with van der Waals surface area (Å²) in [6, 6.07) is 12.0. The molecule has 0 unspecified atom stereocenters. The van der Waals surface area contributed by atoms with Crippen molar-refractivity contribution in [3.05, 3.63) is 52.5 Å². The standard InChI is InChI=1S/C20H19Cl2N3O3S/c1-3-28-16-6-4-5-14(10-16)23-19(27)17-11-18(26)25(2)20(29-17)24-15-8-12(21)7-13(22)9-15/h4-10,17H,3,11H2,1-2H3,(H,23,27)/t17-/m0/s1. The third-order valence-electron chi connectivity index (χ3n) is 4.05. The highest BCUT2D eigenvalue weighted by atomic mass is 35.5. The number of halogens is 2. The maximum Gasteiger partial charge on any atom is 0.238 e. The van der Waals surface area contributed by atoms with Gasteiger partial charge >= 0.3 is 0 Å². The van der Waals surface area contributed by atoms with Crippen molar-refractivity contribution in [2.75, 3.05) is 19.0 Å². The number of ether oxygens (including phenoxy) is 1. The lowest BCUT2D eigenvalue weighted by Gasteiger charge is -2.28. The quantitative estimate of drug-likeness (QED) is 0.695. The van der Waals surface area contributed by atoms with Gasteiger partial charge in [0.15, 0.2) is 5.17 Å². The Morgan fingerprint density at radius 2 is 2.00 bits per heavy atom. The van der Waals surface area contributed by atoms with Crippen molar-refractivity contribution in [2.24, 2.45) is 4.99 Å². The fraction of sp³-hybridized carbons (Fsp3) is 0.250. The van der Waals surface area contributed by atoms with Crippen LogP contribution in [0, 0.1) is 0 Å². The Bertz CT molecular complexity index is 947. The zero-order valence-electron chi connectivity index (χ0n) is 15.8. The number of amides is 2. The molecule has 1 atom stereocenters. The average Bonchev–Trinajstić information content (AvgIpc) is 2.65. The Kier molecular flexibility index (Phi) is 7.05. The number of anilines is 1. The van der Waals surface area contributed by atoms with Gasteiger partial charge in [-0.3, -0.25) is 14.5 Å². The summed E-state index contributed by atoms with van der Waals surface area (Å²) in [4.78, 5) is 31.1. The van der Waals surface area contributed by atoms with Crippen molar-refractivity contribution >= 4 is 63.3 Å². The molecule has 6 nitrogen and oxygen atoms in total. The normalized spacial score (nSPS) is 18.1. The molecular weight excluding hydrogens is 433 g/mol. The van der Waals surface area contributed by atoms with Gasteiger partial charge in [-0.05, 0) is 37.3 Å². The van der Waals surface area contributed by atoms with Crippen LogP contribution in [0.1, 0.15) is 13.3 Å². The van der Waals surface area contributed by atoms with Crippen molar-refractivity contribution in [1.82, 2.24) is 4.90 Å². The predicted octanol–water partition coefficient (Wildman–Crippen LogP) is 4.98. The average molecular weight is 452 g/mol. The number of nitrogens with zero attached hydrogens (tertiary/aromatic N) is 2. The smallest absolute Gasteiger partial charge is 0.238 e. The van der Waals surface area contributed by atoms with Crippen molar-refractivity contribution < 1.29 is 14.3 Å². The van der Waals surface area contributed by atoms with E-state index in [2.05, 4.69) is 10.3 Å². The number of benzene rings is 2. The molecule has 0 saturated carbocycles. The van der Waals surface area contributed by atoms with E-state index in [1.54, 1.807) is 43.4 Å². The molecule has 0 aliphatic carbocycles. The summed E-state index contributed by atoms with van der Waals surface area (Å²) in [5.74, 6) is 0.193. The molecule has 152 valence electrons. The van der Waals surface area contributed by atoms with Crippen LogP contribution in [-0.2, 0) is 9.59 Å². The number of carbonyl (C=O) groups excluding carboxylic acids is 2. The van der Waals surface area contributed by atoms with Crippen molar-refractivity contribution in [3.8, 4) is 5.75 Å². The van der Waals surface area contributed by atoms with Crippen LogP contribution in [0.15, 0.2) is 47.5 Å². The Morgan fingerprint density at radius 3 is 2.69 bits per heavy atom. The molecule has 2 aromatic rings. The molecule has 0 bridgehead atoms. The first kappa shape index (κ1) is 21.5. The minimum Gasteiger partial charge on any atom is -0.494 e. The van der Waals surface area contributed by atoms with E-state index in [-0.39, 0.29) is 18.2 Å². The Hall–Kier alpha value is -2.22. The third-order valence-corrected chi connectivity index (χ3v) is 5.72. The highest BCUT2D eigenvalue weighted by Gasteiger charge is 2.34. The van der Waals surface area contributed by atoms with Crippen molar-refractivity contribution in [3.63, 3.8) is 0 Å². The Morgan fingerprint density at radius 1 is 1.28 bits per heavy atom. The van der Waals surface area contributed by atoms with E-state index in [0.717, 1.165) is 0 Å². The zero-order chi connectivity index (χ0) is 21.0. The molecule has 1 heterocycles. The summed E-state index contributed by atoms with van der Waals surface area (Å²) >= 11 is 13.3. The van der Waals surface area contributed by atoms with Gasteiger partial charge in [-0.2, -0.15) is 0 Å². The Labute approximate surface area is 183 Å². The van der Waals surface area contributed by atoms with Gasteiger partial charge in [0, 0.05) is 35.3 Å². The summed E-state index contributed by atoms with van der Waals surface area (Å²) in [6.45, 7) is 2.42. The second-order valence-electron chi connectivity index (χ2n) is 6.24. The summed E-state index contributed by atoms with van der Waals surface area (Å²) in [7, 11) is 1.63. The molecule has 0 aromatic heterocycles. The number of hydrogen-bond acceptors (Lipinski definition) is 5. The number of thioether (sulfide) groups is 1. The van der Waals surface area contributed by atoms with Gasteiger partial charge in [-0.15, -0.1) is 0 Å². The van der Waals surface area contributed by atoms with Gasteiger partial charge < -0.3 is 10.1 Å². The summed E-state index contributed by atoms with van der Waals surface area (Å²) < 4.78 is 5.45. The zero-order valence-corrected chi connectivity index (χ0v) is 18.1. The molecule has 0 radical (unpaired) electrons. The topological polar surface area (TPSA) is 71.0 Å². The van der Waals surface area contributed by atoms with Crippen LogP contribution >= 0.6 is 35.0 Å². The molecule has 2 aromatic carbocycles. The molecule has 3 rings (SSSR count). The fourth-order valence-corrected chi connectivity index (χ4v) is 4.24. The van der Waals surface area contributed by atoms with E-state index in [9.17, 15) is 9.59 Å². The number of carbonyl (C=O) groups is 2. The summed E-state index contributed by atoms with van der Waals surface area (Å²) in [5, 5.41) is 3.52. The molecule has 1 N–H and O–H groups in total. The van der Waals surface area contributed by atoms with E-state index in [4.69, 9.17) is 27.9 Å². The summed E-state index contributed by atoms with van der Waals surface area (Å²) in [5.41, 5.74) is 1.11. The van der Waals surface area contributed by atoms with E-state index >= 15 is 0 Å². The van der Waals surface area contributed by atoms with Gasteiger partial charge in [0.2, 0.25) is 11.8 Å². The first-order valence-electron chi connectivity index (χ1n) is 8.87. The van der Waals surface area contributed by atoms with Crippen LogP contribution in [0.2, 0.25) is 10.0 Å². The molecule has 2 amide bonds. The molecule has 1 fully saturated rings. The highest BCUT2D eigenvalue weighted by Crippen LogP contribution is 2.31. The molecular formula is C20H19Cl2N3O3S. The third kappa shape index (κ3) is 5.65. The van der Waals surface area contributed by atoms with E-state index < -0.39 is 5.25 Å². The minimum atomic E-state index is -0.608. The predicted molar refractivity (Wildman–Crippen MR) is 119 cm³/mol. The first-order chi connectivity index (χ1) is 13.9. The molecule has 1 saturated heterocycles. The second kappa shape index (κ2) is 9.52. The highest BCUT2D eigenvalue weighted by molar-refractivity contribution is 8.15. The number of amidine groups is 1. The van der Waals surface area contributed by atoms with Crippen LogP contribution in [-0.4, -0.2) is 40.8 Å². The van der Waals surface area contributed by atoms with Crippen LogP contribution < -0.4 is 10.1 Å². The summed E-state index contributed by atoms with van der Waals surface area (Å²) in [6.07, 6.45) is 0.0769. The van der Waals surface area contributed by atoms with Crippen molar-refractivity contribution in [1.29, 1.82) is 0 Å². The molecule has 1 aliphatic rings. The number of nitrogens with one attached hydrogen (secondary N) is 1. The largest absolute Gasteiger partial charge is 0.494 e. The van der Waals surface area contributed by atoms with Crippen molar-refractivity contribution in [2.45, 2.75) is 18.6 Å². The van der Waals surface area contributed by atoms with Gasteiger partial charge in [0.25, 0.3) is 0 Å². The van der Waals surface area contributed by atoms with Gasteiger partial charge in [0.05, 0.1) is 12.3 Å². The van der Waals surface area contributed by atoms with Crippen LogP contribution in [0.25, 0.3) is 0 Å². The number of aliphatic imine (C=N–C) groups is 1. The SMILES string of the molecule is CCOc1cccc(NC(=O)[C@@H]2CC(=O)N(C)C(=Nc3cc(Cl)cc(Cl)c3)S2)c1. The second-order valence-corrected chi connectivity index (χ2v) is 8.28. The van der Waals surface area contributed by atoms with Gasteiger partial charge in [0.1, 0.15) is 11.0 Å². The van der Waals surface area contributed by atoms with Gasteiger partial charge in [-0.1, -0.05) is 41.0 Å². The molecule has 0 spiro atoms. The Balaban J connectivity index is 1.78. The minimum absolute atomic E-state index is 0.0769. The lowest BCUT2D eigenvalue weighted by atomic mass is 10.2. The van der Waals surface area contributed by atoms with Crippen LogP contribution in [0.5, 0.6) is 5.75 Å². The first-order valence-corrected chi connectivity index (χ1v) is 10.5. The maximum absolute atomic E-state index is 12.8. The molecule has 1 aliphatic heterocycles. The van der Waals surface area contributed by atoms with Gasteiger partial charge in [-0.25, -0.2) is 4.99 Å². The molecule has 9 heteroatoms. The van der Waals surface area contributed by atoms with E-state index in [1.807, 2.05) is 13.0 Å². The monoisotopic (exact) mass is 451 g/mol. The van der Waals surface area contributed by atoms with E-state index in [1.165, 1.54) is 16.7 Å². The molecule has 29 heavy (non-hydrogen) atoms. The van der Waals surface area contributed by atoms with Crippen LogP contribution in [0.4, 0.5) is 11.4 Å². The lowest BCUT2D eigenvalue weighted by molar-refractivity contribution is -0.128. The lowest BCUT2D eigenvalue weighted by Crippen LogP contribution is -2.43. The maximum atomic E-state index is 12.8. The number of rotatable bonds is 5. The van der Waals surface area contributed by atoms with E-state index in [0.29, 0.717) is 38.9 Å². The van der Waals surface area contributed by atoms with Crippen LogP contribution in [0.3, 0.4) is 0 Å². The number of hydrogen-bond donors (Lipinski definition) is 1.